The van der Waals surface area contributed by atoms with Gasteiger partial charge < -0.3 is 15.1 Å². The lowest BCUT2D eigenvalue weighted by atomic mass is 9.72. The molecule has 3 amide bonds. The molecule has 11 heteroatoms. The van der Waals surface area contributed by atoms with Crippen LogP contribution < -0.4 is 5.32 Å². The van der Waals surface area contributed by atoms with Gasteiger partial charge in [-0.2, -0.15) is 18.3 Å². The second-order valence-electron chi connectivity index (χ2n) is 8.74. The first-order valence-electron chi connectivity index (χ1n) is 9.34. The minimum atomic E-state index is -4.43. The Morgan fingerprint density at radius 2 is 1.82 bits per heavy atom. The number of carbonyl (C=O) groups excluding carboxylic acids is 2. The van der Waals surface area contributed by atoms with Crippen molar-refractivity contribution in [2.45, 2.75) is 31.1 Å². The molecule has 5 heterocycles. The SMILES string of the molecule is O=C1CCC2(CN(C(=O)N3CC4(CN(Cc5cn[nH]c5C(F)(F)F)C4)C3)C2)N1. The predicted molar refractivity (Wildman–Crippen MR) is 89.9 cm³/mol. The van der Waals surface area contributed by atoms with Crippen molar-refractivity contribution in [1.82, 2.24) is 30.2 Å². The summed E-state index contributed by atoms with van der Waals surface area (Å²) in [5, 5.41) is 8.51. The van der Waals surface area contributed by atoms with Gasteiger partial charge >= 0.3 is 12.2 Å². The second kappa shape index (κ2) is 5.62. The van der Waals surface area contributed by atoms with Crippen LogP contribution in [-0.4, -0.2) is 81.6 Å². The number of carbonyl (C=O) groups is 2. The molecule has 152 valence electrons. The van der Waals surface area contributed by atoms with E-state index >= 15 is 0 Å². The number of aromatic nitrogens is 2. The number of nitrogens with zero attached hydrogens (tertiary/aromatic N) is 4. The van der Waals surface area contributed by atoms with Gasteiger partial charge in [0, 0.05) is 63.2 Å². The van der Waals surface area contributed by atoms with Crippen LogP contribution in [0.2, 0.25) is 0 Å². The van der Waals surface area contributed by atoms with Crippen LogP contribution >= 0.6 is 0 Å². The van der Waals surface area contributed by atoms with Crippen LogP contribution in [0.4, 0.5) is 18.0 Å². The number of nitrogens with one attached hydrogen (secondary N) is 2. The Morgan fingerprint density at radius 1 is 1.14 bits per heavy atom. The third-order valence-corrected chi connectivity index (χ3v) is 6.33. The highest BCUT2D eigenvalue weighted by Crippen LogP contribution is 2.42. The molecule has 2 spiro atoms. The number of rotatable bonds is 2. The lowest BCUT2D eigenvalue weighted by molar-refractivity contribution is -0.143. The summed E-state index contributed by atoms with van der Waals surface area (Å²) in [6, 6.07) is -0.00922. The third-order valence-electron chi connectivity index (χ3n) is 6.33. The first-order chi connectivity index (χ1) is 13.2. The highest BCUT2D eigenvalue weighted by Gasteiger charge is 2.56. The molecular weight excluding hydrogens is 377 g/mol. The first-order valence-corrected chi connectivity index (χ1v) is 9.34. The molecule has 0 aromatic carbocycles. The lowest BCUT2D eigenvalue weighted by Crippen LogP contribution is -2.76. The van der Waals surface area contributed by atoms with Crippen molar-refractivity contribution in [1.29, 1.82) is 0 Å². The molecule has 4 saturated heterocycles. The Hall–Kier alpha value is -2.30. The molecule has 5 rings (SSSR count). The molecule has 8 nitrogen and oxygen atoms in total. The number of alkyl halides is 3. The van der Waals surface area contributed by atoms with E-state index in [0.29, 0.717) is 45.7 Å². The average molecular weight is 398 g/mol. The number of urea groups is 1. The van der Waals surface area contributed by atoms with Gasteiger partial charge in [0.1, 0.15) is 5.69 Å². The smallest absolute Gasteiger partial charge is 0.347 e. The Morgan fingerprint density at radius 3 is 2.43 bits per heavy atom. The summed E-state index contributed by atoms with van der Waals surface area (Å²) in [4.78, 5) is 29.4. The summed E-state index contributed by atoms with van der Waals surface area (Å²) in [6.45, 7) is 3.96. The summed E-state index contributed by atoms with van der Waals surface area (Å²) < 4.78 is 38.7. The molecule has 4 fully saturated rings. The molecule has 4 aliphatic rings. The van der Waals surface area contributed by atoms with Crippen LogP contribution in [0.15, 0.2) is 6.20 Å². The number of hydrogen-bond acceptors (Lipinski definition) is 4. The molecular formula is C17H21F3N6O2. The van der Waals surface area contributed by atoms with Crippen LogP contribution in [0.1, 0.15) is 24.1 Å². The minimum Gasteiger partial charge on any atom is -0.347 e. The molecule has 28 heavy (non-hydrogen) atoms. The van der Waals surface area contributed by atoms with E-state index in [4.69, 9.17) is 0 Å². The molecule has 1 aromatic heterocycles. The van der Waals surface area contributed by atoms with E-state index in [1.807, 2.05) is 10.00 Å². The van der Waals surface area contributed by atoms with Crippen LogP contribution in [-0.2, 0) is 17.5 Å². The Balaban J connectivity index is 1.09. The van der Waals surface area contributed by atoms with Gasteiger partial charge in [-0.1, -0.05) is 0 Å². The van der Waals surface area contributed by atoms with Gasteiger partial charge in [0.05, 0.1) is 11.7 Å². The normalized spacial score (nSPS) is 25.5. The maximum absolute atomic E-state index is 12.9. The standard InChI is InChI=1S/C17H21F3N6O2/c18-17(19,20)13-11(3-21-23-13)4-24-5-15(6-24)7-25(8-15)14(28)26-9-16(10-26)2-1-12(27)22-16/h3H,1-2,4-10H2,(H,21,23)(H,22,27). The lowest BCUT2D eigenvalue weighted by Gasteiger charge is -2.61. The van der Waals surface area contributed by atoms with Crippen molar-refractivity contribution >= 4 is 11.9 Å². The molecule has 2 N–H and O–H groups in total. The molecule has 0 aliphatic carbocycles. The van der Waals surface area contributed by atoms with E-state index in [9.17, 15) is 22.8 Å². The number of likely N-dealkylation sites (tertiary alicyclic amines) is 3. The van der Waals surface area contributed by atoms with Gasteiger partial charge in [0.15, 0.2) is 0 Å². The molecule has 4 aliphatic heterocycles. The number of H-pyrrole nitrogens is 1. The van der Waals surface area contributed by atoms with Crippen LogP contribution in [0, 0.1) is 5.41 Å². The van der Waals surface area contributed by atoms with E-state index in [2.05, 4.69) is 10.4 Å². The van der Waals surface area contributed by atoms with E-state index in [1.165, 1.54) is 6.20 Å². The highest BCUT2D eigenvalue weighted by atomic mass is 19.4. The van der Waals surface area contributed by atoms with Crippen LogP contribution in [0.5, 0.6) is 0 Å². The Labute approximate surface area is 159 Å². The van der Waals surface area contributed by atoms with Crippen molar-refractivity contribution in [3.8, 4) is 0 Å². The van der Waals surface area contributed by atoms with Gasteiger partial charge in [-0.15, -0.1) is 0 Å². The first kappa shape index (κ1) is 17.8. The van der Waals surface area contributed by atoms with Crippen molar-refractivity contribution in [2.75, 3.05) is 39.3 Å². The fraction of sp³-hybridized carbons (Fsp3) is 0.706. The zero-order chi connectivity index (χ0) is 19.7. The topological polar surface area (TPSA) is 84.6 Å². The minimum absolute atomic E-state index is 0.00191. The molecule has 0 saturated carbocycles. The molecule has 1 aromatic rings. The van der Waals surface area contributed by atoms with Crippen LogP contribution in [0.3, 0.4) is 0 Å². The summed E-state index contributed by atoms with van der Waals surface area (Å²) in [6.07, 6.45) is -1.90. The maximum atomic E-state index is 12.9. The van der Waals surface area contributed by atoms with Crippen molar-refractivity contribution in [2.24, 2.45) is 5.41 Å². The zero-order valence-corrected chi connectivity index (χ0v) is 15.2. The van der Waals surface area contributed by atoms with Crippen molar-refractivity contribution in [3.05, 3.63) is 17.5 Å². The summed E-state index contributed by atoms with van der Waals surface area (Å²) in [5.41, 5.74) is -0.852. The Bertz CT molecular complexity index is 817. The zero-order valence-electron chi connectivity index (χ0n) is 15.2. The largest absolute Gasteiger partial charge is 0.433 e. The number of hydrogen-bond donors (Lipinski definition) is 2. The monoisotopic (exact) mass is 398 g/mol. The van der Waals surface area contributed by atoms with Gasteiger partial charge in [0.25, 0.3) is 0 Å². The van der Waals surface area contributed by atoms with Crippen LogP contribution in [0.25, 0.3) is 0 Å². The quantitative estimate of drug-likeness (QED) is 0.766. The predicted octanol–water partition coefficient (Wildman–Crippen LogP) is 0.631. The number of amides is 3. The fourth-order valence-electron chi connectivity index (χ4n) is 5.06. The van der Waals surface area contributed by atoms with Gasteiger partial charge in [0.2, 0.25) is 5.91 Å². The average Bonchev–Trinajstić information content (AvgIpc) is 3.12. The second-order valence-corrected chi connectivity index (χ2v) is 8.74. The van der Waals surface area contributed by atoms with E-state index in [1.54, 1.807) is 9.80 Å². The summed E-state index contributed by atoms with van der Waals surface area (Å²) >= 11 is 0. The maximum Gasteiger partial charge on any atom is 0.433 e. The van der Waals surface area contributed by atoms with Gasteiger partial charge in [-0.3, -0.25) is 14.8 Å². The van der Waals surface area contributed by atoms with Gasteiger partial charge in [-0.05, 0) is 6.42 Å². The van der Waals surface area contributed by atoms with Crippen molar-refractivity contribution in [3.63, 3.8) is 0 Å². The highest BCUT2D eigenvalue weighted by molar-refractivity contribution is 5.82. The third kappa shape index (κ3) is 2.75. The number of aromatic amines is 1. The van der Waals surface area contributed by atoms with E-state index in [0.717, 1.165) is 6.42 Å². The summed E-state index contributed by atoms with van der Waals surface area (Å²) in [7, 11) is 0. The fourth-order valence-corrected chi connectivity index (χ4v) is 5.06. The Kier molecular flexibility index (Phi) is 3.57. The summed E-state index contributed by atoms with van der Waals surface area (Å²) in [5.74, 6) is 0.0517. The van der Waals surface area contributed by atoms with E-state index in [-0.39, 0.29) is 35.0 Å². The number of halogens is 3. The molecule has 0 unspecified atom stereocenters. The molecule has 0 bridgehead atoms. The molecule has 0 atom stereocenters. The van der Waals surface area contributed by atoms with Crippen molar-refractivity contribution < 1.29 is 22.8 Å². The van der Waals surface area contributed by atoms with Gasteiger partial charge in [-0.25, -0.2) is 4.79 Å². The van der Waals surface area contributed by atoms with E-state index < -0.39 is 11.9 Å². The molecule has 0 radical (unpaired) electrons.